The van der Waals surface area contributed by atoms with Crippen LogP contribution in [0.1, 0.15) is 94.5 Å². The maximum absolute atomic E-state index is 10.6. The van der Waals surface area contributed by atoms with Crippen molar-refractivity contribution < 1.29 is 5.11 Å². The number of nitrogens with zero attached hydrogens (tertiary/aromatic N) is 1. The Bertz CT molecular complexity index is 1100. The highest BCUT2D eigenvalue weighted by molar-refractivity contribution is 5.61. The van der Waals surface area contributed by atoms with Crippen molar-refractivity contribution in [1.82, 2.24) is 4.98 Å². The summed E-state index contributed by atoms with van der Waals surface area (Å²) in [6.45, 7) is 13.0. The maximum Gasteiger partial charge on any atom is 0.0825 e. The fourth-order valence-electron chi connectivity index (χ4n) is 5.12. The van der Waals surface area contributed by atoms with Crippen LogP contribution in [0, 0.1) is 6.92 Å². The van der Waals surface area contributed by atoms with E-state index in [1.54, 1.807) is 0 Å². The van der Waals surface area contributed by atoms with E-state index in [-0.39, 0.29) is 5.41 Å². The van der Waals surface area contributed by atoms with Crippen LogP contribution in [-0.4, -0.2) is 15.7 Å². The monoisotopic (exact) mass is 469 g/mol. The lowest BCUT2D eigenvalue weighted by Gasteiger charge is -2.34. The second-order valence-corrected chi connectivity index (χ2v) is 9.88. The Morgan fingerprint density at radius 1 is 0.800 bits per heavy atom. The summed E-state index contributed by atoms with van der Waals surface area (Å²) >= 11 is 0. The van der Waals surface area contributed by atoms with Gasteiger partial charge in [-0.25, -0.2) is 0 Å². The summed E-state index contributed by atoms with van der Waals surface area (Å²) in [6.07, 6.45) is 11.8. The zero-order valence-corrected chi connectivity index (χ0v) is 22.6. The fourth-order valence-corrected chi connectivity index (χ4v) is 5.12. The van der Waals surface area contributed by atoms with Gasteiger partial charge in [0.15, 0.2) is 0 Å². The van der Waals surface area contributed by atoms with Crippen molar-refractivity contribution >= 4 is 6.08 Å². The molecule has 0 aliphatic rings. The smallest absolute Gasteiger partial charge is 0.0825 e. The first-order valence-corrected chi connectivity index (χ1v) is 13.4. The van der Waals surface area contributed by atoms with E-state index < -0.39 is 5.60 Å². The molecule has 3 rings (SSSR count). The molecule has 2 aromatic carbocycles. The number of aliphatic hydroxyl groups is 1. The van der Waals surface area contributed by atoms with Gasteiger partial charge in [0.25, 0.3) is 0 Å². The highest BCUT2D eigenvalue weighted by atomic mass is 16.3. The highest BCUT2D eigenvalue weighted by Crippen LogP contribution is 2.40. The van der Waals surface area contributed by atoms with E-state index in [0.29, 0.717) is 0 Å². The molecule has 0 saturated heterocycles. The largest absolute Gasteiger partial charge is 0.386 e. The van der Waals surface area contributed by atoms with Crippen molar-refractivity contribution in [2.24, 2.45) is 0 Å². The highest BCUT2D eigenvalue weighted by Gasteiger charge is 2.31. The number of rotatable bonds is 11. The minimum absolute atomic E-state index is 0.0302. The van der Waals surface area contributed by atoms with Gasteiger partial charge in [-0.1, -0.05) is 102 Å². The Morgan fingerprint density at radius 3 is 1.97 bits per heavy atom. The van der Waals surface area contributed by atoms with E-state index in [9.17, 15) is 5.11 Å². The van der Waals surface area contributed by atoms with Gasteiger partial charge in [0.2, 0.25) is 0 Å². The third-order valence-electron chi connectivity index (χ3n) is 7.92. The van der Waals surface area contributed by atoms with Gasteiger partial charge >= 0.3 is 0 Å². The Morgan fingerprint density at radius 2 is 1.46 bits per heavy atom. The van der Waals surface area contributed by atoms with Crippen LogP contribution < -0.4 is 0 Å². The average molecular weight is 470 g/mol. The lowest BCUT2D eigenvalue weighted by molar-refractivity contribution is 0.0836. The topological polar surface area (TPSA) is 33.1 Å². The van der Waals surface area contributed by atoms with Crippen molar-refractivity contribution in [3.05, 3.63) is 94.7 Å². The maximum atomic E-state index is 10.6. The van der Waals surface area contributed by atoms with Crippen LogP contribution in [0.15, 0.2) is 66.9 Å². The van der Waals surface area contributed by atoms with Gasteiger partial charge in [0.1, 0.15) is 0 Å². The van der Waals surface area contributed by atoms with Gasteiger partial charge in [-0.05, 0) is 72.9 Å². The van der Waals surface area contributed by atoms with Gasteiger partial charge in [0.05, 0.1) is 11.3 Å². The summed E-state index contributed by atoms with van der Waals surface area (Å²) in [4.78, 5) is 4.70. The number of aryl methyl sites for hydroxylation is 2. The van der Waals surface area contributed by atoms with E-state index in [4.69, 9.17) is 4.98 Å². The van der Waals surface area contributed by atoms with Gasteiger partial charge in [-0.2, -0.15) is 0 Å². The molecule has 0 saturated carbocycles. The summed E-state index contributed by atoms with van der Waals surface area (Å²) in [5.41, 5.74) is 7.85. The zero-order chi connectivity index (χ0) is 25.5. The fraction of sp³-hybridized carbons (Fsp3) is 0.424. The van der Waals surface area contributed by atoms with Crippen LogP contribution in [0.5, 0.6) is 0 Å². The van der Waals surface area contributed by atoms with Crippen LogP contribution in [0.2, 0.25) is 0 Å². The number of benzene rings is 2. The van der Waals surface area contributed by atoms with Crippen LogP contribution in [0.3, 0.4) is 0 Å². The molecule has 1 heterocycles. The first-order valence-electron chi connectivity index (χ1n) is 13.4. The molecule has 0 aliphatic heterocycles. The van der Waals surface area contributed by atoms with E-state index in [1.807, 2.05) is 26.1 Å². The van der Waals surface area contributed by atoms with Gasteiger partial charge in [-0.3, -0.25) is 4.98 Å². The molecule has 0 bridgehead atoms. The number of pyridine rings is 1. The summed E-state index contributed by atoms with van der Waals surface area (Å²) < 4.78 is 0. The zero-order valence-electron chi connectivity index (χ0n) is 22.6. The van der Waals surface area contributed by atoms with Gasteiger partial charge in [0, 0.05) is 17.2 Å². The molecular weight excluding hydrogens is 426 g/mol. The number of hydrogen-bond acceptors (Lipinski definition) is 2. The minimum Gasteiger partial charge on any atom is -0.386 e. The summed E-state index contributed by atoms with van der Waals surface area (Å²) in [7, 11) is 0. The Labute approximate surface area is 213 Å². The third-order valence-corrected chi connectivity index (χ3v) is 7.92. The molecule has 1 N–H and O–H groups in total. The molecule has 0 unspecified atom stereocenters. The summed E-state index contributed by atoms with van der Waals surface area (Å²) in [5.74, 6) is 0. The Balaban J connectivity index is 1.91. The first-order chi connectivity index (χ1) is 16.8. The second kappa shape index (κ2) is 11.8. The van der Waals surface area contributed by atoms with Crippen LogP contribution >= 0.6 is 0 Å². The van der Waals surface area contributed by atoms with E-state index in [2.05, 4.69) is 88.4 Å². The Hall–Kier alpha value is -2.71. The number of aromatic nitrogens is 1. The molecule has 0 radical (unpaired) electrons. The lowest BCUT2D eigenvalue weighted by Crippen LogP contribution is -2.26. The van der Waals surface area contributed by atoms with Crippen molar-refractivity contribution in [1.29, 1.82) is 0 Å². The number of hydrogen-bond donors (Lipinski definition) is 1. The van der Waals surface area contributed by atoms with E-state index in [1.165, 1.54) is 27.8 Å². The molecule has 1 aromatic heterocycles. The van der Waals surface area contributed by atoms with Crippen molar-refractivity contribution in [3.8, 4) is 11.3 Å². The molecule has 35 heavy (non-hydrogen) atoms. The molecule has 2 heteroatoms. The van der Waals surface area contributed by atoms with Crippen LogP contribution in [0.25, 0.3) is 17.3 Å². The van der Waals surface area contributed by atoms with Crippen molar-refractivity contribution in [3.63, 3.8) is 0 Å². The molecule has 0 spiro atoms. The normalized spacial score (nSPS) is 12.4. The van der Waals surface area contributed by atoms with Crippen molar-refractivity contribution in [2.75, 3.05) is 0 Å². The standard InChI is InChI=1S/C33H43NO/c1-7-12-26-13-20-31(34-24-26)28-15-17-29(18-16-28)33(10-4,11-5)30-19-14-27(25(6)23-30)21-22-32(35,8-2)9-3/h13-24,35H,7-12H2,1-6H3. The minimum atomic E-state index is -0.728. The van der Waals surface area contributed by atoms with E-state index >= 15 is 0 Å². The molecule has 0 atom stereocenters. The molecule has 186 valence electrons. The molecule has 2 nitrogen and oxygen atoms in total. The average Bonchev–Trinajstić information content (AvgIpc) is 2.90. The predicted octanol–water partition coefficient (Wildman–Crippen LogP) is 8.68. The summed E-state index contributed by atoms with van der Waals surface area (Å²) in [6, 6.07) is 20.2. The molecular formula is C33H43NO. The molecule has 3 aromatic rings. The third kappa shape index (κ3) is 5.93. The van der Waals surface area contributed by atoms with E-state index in [0.717, 1.165) is 49.8 Å². The second-order valence-electron chi connectivity index (χ2n) is 9.88. The summed E-state index contributed by atoms with van der Waals surface area (Å²) in [5, 5.41) is 10.6. The quantitative estimate of drug-likeness (QED) is 0.305. The molecule has 0 amide bonds. The van der Waals surface area contributed by atoms with Crippen LogP contribution in [0.4, 0.5) is 0 Å². The predicted molar refractivity (Wildman–Crippen MR) is 151 cm³/mol. The molecule has 0 fully saturated rings. The van der Waals surface area contributed by atoms with Crippen LogP contribution in [-0.2, 0) is 11.8 Å². The lowest BCUT2D eigenvalue weighted by atomic mass is 9.70. The SMILES string of the molecule is CCCc1ccc(-c2ccc(C(CC)(CC)c3ccc(C=CC(O)(CC)CC)c(C)c3)cc2)nc1. The molecule has 0 aliphatic carbocycles. The first kappa shape index (κ1) is 26.9. The van der Waals surface area contributed by atoms with Crippen molar-refractivity contribution in [2.45, 2.75) is 91.1 Å². The van der Waals surface area contributed by atoms with Gasteiger partial charge in [-0.15, -0.1) is 0 Å². The Kier molecular flexibility index (Phi) is 9.08. The van der Waals surface area contributed by atoms with Gasteiger partial charge < -0.3 is 5.11 Å².